The molecule has 0 radical (unpaired) electrons. The Bertz CT molecular complexity index is 1180. The molecule has 2 saturated heterocycles. The third-order valence-corrected chi connectivity index (χ3v) is 9.91. The summed E-state index contributed by atoms with van der Waals surface area (Å²) >= 11 is 0. The number of aldehydes is 1. The lowest BCUT2D eigenvalue weighted by Gasteiger charge is -2.46. The second-order valence-electron chi connectivity index (χ2n) is 14.1. The summed E-state index contributed by atoms with van der Waals surface area (Å²) in [7, 11) is 6.36. The number of carbonyl (C=O) groups is 2. The number of likely N-dealkylation sites (N-methyl/N-ethyl adjacent to an activating group) is 2. The SMILES string of the molecule is [2H]C([2H])([2H])N(C)[C@H]1CCC(O[C@H]2/C=C/C=C/C[C@@H](C)OC(=O)C[C@@H](O)[C@H](OC)[C@@H](O[C@@H]3O[C@H](C)C(O)[C@H](N(C)C)[C@H]3O)[C@@H](CC=O)C[C@H]2C)O[C@@H]1C. The number of allylic oxidation sites excluding steroid dienone is 2. The lowest BCUT2D eigenvalue weighted by Crippen LogP contribution is -2.63. The van der Waals surface area contributed by atoms with E-state index in [1.165, 1.54) is 12.0 Å². The highest BCUT2D eigenvalue weighted by Gasteiger charge is 2.48. The van der Waals surface area contributed by atoms with E-state index >= 15 is 0 Å². The molecular weight excluding hydrogens is 636 g/mol. The highest BCUT2D eigenvalue weighted by Crippen LogP contribution is 2.34. The van der Waals surface area contributed by atoms with Gasteiger partial charge in [-0.15, -0.1) is 0 Å². The minimum Gasteiger partial charge on any atom is -0.462 e. The first-order valence-corrected chi connectivity index (χ1v) is 17.4. The van der Waals surface area contributed by atoms with E-state index in [9.17, 15) is 24.9 Å². The summed E-state index contributed by atoms with van der Waals surface area (Å²) < 4.78 is 60.1. The number of methoxy groups -OCH3 is 1. The summed E-state index contributed by atoms with van der Waals surface area (Å²) in [6.07, 6.45) is -0.646. The monoisotopic (exact) mass is 701 g/mol. The molecule has 15 atom stereocenters. The van der Waals surface area contributed by atoms with E-state index in [0.717, 1.165) is 6.29 Å². The van der Waals surface area contributed by atoms with Crippen LogP contribution in [0.15, 0.2) is 24.3 Å². The van der Waals surface area contributed by atoms with Gasteiger partial charge in [-0.05, 0) is 80.0 Å². The molecule has 3 heterocycles. The molecule has 0 aromatic rings. The molecule has 0 amide bonds. The van der Waals surface area contributed by atoms with Gasteiger partial charge in [-0.25, -0.2) is 0 Å². The second-order valence-corrected chi connectivity index (χ2v) is 14.1. The molecular formula is C36H62N2O11. The standard InChI is InChI=1S/C36H62N2O11/c1-21-19-25(17-18-39)34(49-36-33(43)31(38(7)8)32(42)24(4)47-36)35(44-9)27(40)20-29(41)45-22(2)13-11-10-12-14-28(21)48-30-16-15-26(37(5)6)23(3)46-30/h10-12,14,18,21-28,30-36,40,42-43H,13,15-17,19-20H2,1-9H3/b11-10+,14-12+/t21-,22-,23-,24-,25+,26+,27-,28+,30?,31+,32?,33-,34+,35+,36+/m1/s1/i5D3. The van der Waals surface area contributed by atoms with Crippen molar-refractivity contribution in [1.82, 2.24) is 9.80 Å². The van der Waals surface area contributed by atoms with Crippen LogP contribution in [0.3, 0.4) is 0 Å². The number of ether oxygens (including phenoxy) is 6. The Morgan fingerprint density at radius 1 is 0.980 bits per heavy atom. The highest BCUT2D eigenvalue weighted by atomic mass is 16.7. The fourth-order valence-corrected chi connectivity index (χ4v) is 7.18. The highest BCUT2D eigenvalue weighted by molar-refractivity contribution is 5.70. The Labute approximate surface area is 296 Å². The zero-order valence-corrected chi connectivity index (χ0v) is 30.3. The molecule has 2 unspecified atom stereocenters. The van der Waals surface area contributed by atoms with Crippen molar-refractivity contribution in [1.29, 1.82) is 0 Å². The van der Waals surface area contributed by atoms with E-state index in [2.05, 4.69) is 0 Å². The Hall–Kier alpha value is -1.78. The van der Waals surface area contributed by atoms with Crippen LogP contribution in [0.4, 0.5) is 0 Å². The topological polar surface area (TPSA) is 157 Å². The molecule has 0 aromatic heterocycles. The van der Waals surface area contributed by atoms with Gasteiger partial charge in [0.25, 0.3) is 0 Å². The maximum Gasteiger partial charge on any atom is 0.308 e. The van der Waals surface area contributed by atoms with Gasteiger partial charge in [0.05, 0.1) is 49.1 Å². The van der Waals surface area contributed by atoms with Crippen LogP contribution in [0, 0.1) is 11.8 Å². The summed E-state index contributed by atoms with van der Waals surface area (Å²) in [4.78, 5) is 28.2. The number of rotatable bonds is 9. The summed E-state index contributed by atoms with van der Waals surface area (Å²) in [6.45, 7) is 4.93. The van der Waals surface area contributed by atoms with Crippen LogP contribution in [0.25, 0.3) is 0 Å². The average molecular weight is 702 g/mol. The number of hydrogen-bond donors (Lipinski definition) is 3. The molecule has 0 bridgehead atoms. The van der Waals surface area contributed by atoms with Crippen molar-refractivity contribution in [3.05, 3.63) is 24.3 Å². The van der Waals surface area contributed by atoms with Gasteiger partial charge in [-0.2, -0.15) is 0 Å². The Morgan fingerprint density at radius 2 is 1.71 bits per heavy atom. The molecule has 0 aliphatic carbocycles. The quantitative estimate of drug-likeness (QED) is 0.237. The second kappa shape index (κ2) is 19.7. The third kappa shape index (κ3) is 11.6. The molecule has 3 rings (SSSR count). The minimum atomic E-state index is -2.26. The predicted molar refractivity (Wildman–Crippen MR) is 182 cm³/mol. The van der Waals surface area contributed by atoms with Gasteiger partial charge in [0, 0.05) is 30.1 Å². The Balaban J connectivity index is 1.98. The van der Waals surface area contributed by atoms with Gasteiger partial charge in [0.15, 0.2) is 12.6 Å². The molecule has 0 aromatic carbocycles. The van der Waals surface area contributed by atoms with Crippen LogP contribution in [0.1, 0.15) is 70.3 Å². The smallest absolute Gasteiger partial charge is 0.308 e. The van der Waals surface area contributed by atoms with Crippen molar-refractivity contribution in [3.63, 3.8) is 0 Å². The number of aliphatic hydroxyl groups excluding tert-OH is 3. The number of carbonyl (C=O) groups excluding carboxylic acids is 2. The van der Waals surface area contributed by atoms with E-state index in [-0.39, 0.29) is 18.4 Å². The summed E-state index contributed by atoms with van der Waals surface area (Å²) in [6, 6.07) is -1.07. The molecule has 13 nitrogen and oxygen atoms in total. The van der Waals surface area contributed by atoms with Crippen LogP contribution < -0.4 is 0 Å². The predicted octanol–water partition coefficient (Wildman–Crippen LogP) is 2.05. The van der Waals surface area contributed by atoms with Crippen molar-refractivity contribution in [2.75, 3.05) is 35.2 Å². The van der Waals surface area contributed by atoms with Crippen LogP contribution in [0.5, 0.6) is 0 Å². The van der Waals surface area contributed by atoms with Crippen molar-refractivity contribution >= 4 is 12.3 Å². The molecule has 3 aliphatic rings. The number of nitrogens with zero attached hydrogens (tertiary/aromatic N) is 2. The molecule has 49 heavy (non-hydrogen) atoms. The van der Waals surface area contributed by atoms with E-state index in [1.54, 1.807) is 39.9 Å². The van der Waals surface area contributed by atoms with Gasteiger partial charge >= 0.3 is 5.97 Å². The molecule has 2 fully saturated rings. The van der Waals surface area contributed by atoms with E-state index < -0.39 is 98.8 Å². The lowest BCUT2D eigenvalue weighted by molar-refractivity contribution is -0.309. The first kappa shape index (κ1) is 37.0. The Morgan fingerprint density at radius 3 is 2.35 bits per heavy atom. The summed E-state index contributed by atoms with van der Waals surface area (Å²) in [5.41, 5.74) is 0. The van der Waals surface area contributed by atoms with Crippen LogP contribution in [-0.2, 0) is 38.0 Å². The van der Waals surface area contributed by atoms with Crippen LogP contribution in [0.2, 0.25) is 0 Å². The van der Waals surface area contributed by atoms with Gasteiger partial charge < -0.3 is 58.3 Å². The normalized spacial score (nSPS) is 44.4. The summed E-state index contributed by atoms with van der Waals surface area (Å²) in [5, 5.41) is 33.6. The summed E-state index contributed by atoms with van der Waals surface area (Å²) in [5.74, 6) is -1.55. The van der Waals surface area contributed by atoms with Gasteiger partial charge in [0.1, 0.15) is 24.6 Å². The van der Waals surface area contributed by atoms with Crippen molar-refractivity contribution in [2.24, 2.45) is 11.8 Å². The van der Waals surface area contributed by atoms with Crippen molar-refractivity contribution in [3.8, 4) is 0 Å². The number of aliphatic hydroxyl groups is 3. The molecule has 0 spiro atoms. The average Bonchev–Trinajstić information content (AvgIpc) is 3.04. The lowest BCUT2D eigenvalue weighted by atomic mass is 9.82. The van der Waals surface area contributed by atoms with Crippen molar-refractivity contribution < 1.29 is 57.4 Å². The maximum atomic E-state index is 12.9. The third-order valence-electron chi connectivity index (χ3n) is 9.91. The Kier molecular flexibility index (Phi) is 14.9. The maximum absolute atomic E-state index is 12.9. The molecule has 13 heteroatoms. The first-order valence-electron chi connectivity index (χ1n) is 18.9. The largest absolute Gasteiger partial charge is 0.462 e. The fourth-order valence-electron chi connectivity index (χ4n) is 7.18. The number of esters is 1. The van der Waals surface area contributed by atoms with E-state index in [4.69, 9.17) is 32.5 Å². The zero-order chi connectivity index (χ0) is 38.9. The van der Waals surface area contributed by atoms with Crippen LogP contribution in [-0.4, -0.2) is 152 Å². The number of cyclic esters (lactones) is 1. The van der Waals surface area contributed by atoms with E-state index in [0.29, 0.717) is 25.7 Å². The first-order chi connectivity index (χ1) is 24.4. The molecule has 3 N–H and O–H groups in total. The van der Waals surface area contributed by atoms with Gasteiger partial charge in [0.2, 0.25) is 0 Å². The minimum absolute atomic E-state index is 0.0302. The van der Waals surface area contributed by atoms with Gasteiger partial charge in [-0.3, -0.25) is 4.79 Å². The molecule has 0 saturated carbocycles. The van der Waals surface area contributed by atoms with Crippen LogP contribution >= 0.6 is 0 Å². The molecule has 282 valence electrons. The van der Waals surface area contributed by atoms with Crippen molar-refractivity contribution in [2.45, 2.75) is 146 Å². The van der Waals surface area contributed by atoms with E-state index in [1.807, 2.05) is 38.2 Å². The number of hydrogen-bond acceptors (Lipinski definition) is 13. The van der Waals surface area contributed by atoms with Gasteiger partial charge in [-0.1, -0.05) is 31.2 Å². The fraction of sp³-hybridized carbons (Fsp3) is 0.833. The zero-order valence-electron chi connectivity index (χ0n) is 33.3. The molecule has 3 aliphatic heterocycles.